The molecule has 0 unspecified atom stereocenters. The maximum Gasteiger partial charge on any atom is 0.286 e. The molecule has 2 amide bonds. The molecule has 2 aliphatic rings. The van der Waals surface area contributed by atoms with Crippen molar-refractivity contribution in [2.75, 3.05) is 26.2 Å². The van der Waals surface area contributed by atoms with Gasteiger partial charge in [-0.25, -0.2) is 0 Å². The van der Waals surface area contributed by atoms with E-state index in [1.807, 2.05) is 4.90 Å². The second-order valence-electron chi connectivity index (χ2n) is 5.79. The van der Waals surface area contributed by atoms with Crippen LogP contribution in [-0.2, 0) is 9.59 Å². The number of hydrogen-bond acceptors (Lipinski definition) is 7. The Bertz CT molecular complexity index is 843. The number of carbonyl (C=O) groups excluding carboxylic acids is 2. The van der Waals surface area contributed by atoms with Crippen LogP contribution in [0.15, 0.2) is 28.1 Å². The zero-order valence-corrected chi connectivity index (χ0v) is 14.7. The Balaban J connectivity index is 1.72. The molecule has 1 saturated heterocycles. The molecule has 26 heavy (non-hydrogen) atoms. The van der Waals surface area contributed by atoms with Crippen LogP contribution in [-0.4, -0.2) is 57.9 Å². The van der Waals surface area contributed by atoms with Crippen LogP contribution in [0.2, 0.25) is 0 Å². The summed E-state index contributed by atoms with van der Waals surface area (Å²) in [5, 5.41) is 22.9. The highest BCUT2D eigenvalue weighted by molar-refractivity contribution is 8.18. The Morgan fingerprint density at radius 2 is 2.00 bits per heavy atom. The van der Waals surface area contributed by atoms with E-state index in [1.165, 1.54) is 30.8 Å². The first kappa shape index (κ1) is 17.9. The number of amidine groups is 1. The van der Waals surface area contributed by atoms with Crippen LogP contribution in [0.4, 0.5) is 5.69 Å². The topological polar surface area (TPSA) is 119 Å². The molecule has 0 spiro atoms. The molecule has 9 nitrogen and oxygen atoms in total. The monoisotopic (exact) mass is 375 g/mol. The van der Waals surface area contributed by atoms with Gasteiger partial charge in [0.05, 0.1) is 9.83 Å². The summed E-state index contributed by atoms with van der Waals surface area (Å²) in [6.45, 7) is 3.83. The van der Waals surface area contributed by atoms with Crippen molar-refractivity contribution in [1.29, 1.82) is 0 Å². The third kappa shape index (κ3) is 3.69. The molecule has 0 atom stereocenters. The lowest BCUT2D eigenvalue weighted by molar-refractivity contribution is -0.398. The quantitative estimate of drug-likeness (QED) is 0.426. The number of carbonyl (C=O) groups is 2. The predicted octanol–water partition coefficient (Wildman–Crippen LogP) is 0.803. The first-order valence-electron chi connectivity index (χ1n) is 7.83. The van der Waals surface area contributed by atoms with E-state index in [2.05, 4.69) is 4.99 Å². The standard InChI is InChI=1S/C16H16N4O5S/c1-10(21)18-4-6-19(7-5-18)16-17-15(23)14(26-16)9-11-2-3-13(22)12(8-11)20(24)25/h2-3,8-9,22H,4-7H2,1H3/p-1/b14-9+. The van der Waals surface area contributed by atoms with Gasteiger partial charge >= 0.3 is 0 Å². The normalized spacial score (nSPS) is 19.0. The van der Waals surface area contributed by atoms with Gasteiger partial charge in [-0.15, -0.1) is 0 Å². The van der Waals surface area contributed by atoms with E-state index in [0.29, 0.717) is 41.8 Å². The van der Waals surface area contributed by atoms with Crippen LogP contribution in [0.1, 0.15) is 12.5 Å². The Kier molecular flexibility index (Phi) is 4.94. The molecule has 2 heterocycles. The van der Waals surface area contributed by atoms with Gasteiger partial charge in [0, 0.05) is 39.2 Å². The van der Waals surface area contributed by atoms with E-state index < -0.39 is 22.3 Å². The van der Waals surface area contributed by atoms with Gasteiger partial charge in [-0.05, 0) is 29.2 Å². The summed E-state index contributed by atoms with van der Waals surface area (Å²) in [5.74, 6) is -1.08. The molecule has 0 radical (unpaired) electrons. The first-order chi connectivity index (χ1) is 12.3. The van der Waals surface area contributed by atoms with Gasteiger partial charge < -0.3 is 14.9 Å². The number of rotatable bonds is 2. The maximum absolute atomic E-state index is 12.1. The van der Waals surface area contributed by atoms with Crippen LogP contribution < -0.4 is 5.11 Å². The fraction of sp³-hybridized carbons (Fsp3) is 0.312. The van der Waals surface area contributed by atoms with Crippen LogP contribution in [0.5, 0.6) is 5.75 Å². The van der Waals surface area contributed by atoms with Crippen LogP contribution >= 0.6 is 11.8 Å². The average molecular weight is 375 g/mol. The van der Waals surface area contributed by atoms with Crippen molar-refractivity contribution >= 4 is 40.5 Å². The predicted molar refractivity (Wildman–Crippen MR) is 94.4 cm³/mol. The highest BCUT2D eigenvalue weighted by Crippen LogP contribution is 2.32. The van der Waals surface area contributed by atoms with Crippen molar-refractivity contribution in [3.63, 3.8) is 0 Å². The van der Waals surface area contributed by atoms with Gasteiger partial charge in [0.25, 0.3) is 11.6 Å². The Morgan fingerprint density at radius 3 is 2.62 bits per heavy atom. The Labute approximate surface area is 153 Å². The molecular weight excluding hydrogens is 360 g/mol. The number of aliphatic imine (C=N–C) groups is 1. The van der Waals surface area contributed by atoms with Gasteiger partial charge in [-0.1, -0.05) is 12.1 Å². The van der Waals surface area contributed by atoms with Crippen molar-refractivity contribution in [3.05, 3.63) is 38.8 Å². The Hall–Kier alpha value is -2.88. The summed E-state index contributed by atoms with van der Waals surface area (Å²) in [4.78, 5) is 41.7. The number of piperazine rings is 1. The van der Waals surface area contributed by atoms with Gasteiger partial charge in [-0.2, -0.15) is 4.99 Å². The highest BCUT2D eigenvalue weighted by Gasteiger charge is 2.29. The summed E-state index contributed by atoms with van der Waals surface area (Å²) in [6.07, 6.45) is 1.49. The number of nitro benzene ring substituents is 1. The van der Waals surface area contributed by atoms with E-state index in [-0.39, 0.29) is 5.91 Å². The fourth-order valence-electron chi connectivity index (χ4n) is 2.66. The molecule has 3 rings (SSSR count). The minimum atomic E-state index is -0.746. The van der Waals surface area contributed by atoms with Crippen molar-refractivity contribution in [3.8, 4) is 5.75 Å². The number of thioether (sulfide) groups is 1. The van der Waals surface area contributed by atoms with E-state index in [1.54, 1.807) is 4.90 Å². The minimum absolute atomic E-state index is 0.0192. The van der Waals surface area contributed by atoms with Crippen LogP contribution in [0, 0.1) is 10.1 Å². The number of benzene rings is 1. The molecule has 0 aromatic heterocycles. The molecule has 136 valence electrons. The summed E-state index contributed by atoms with van der Waals surface area (Å²) < 4.78 is 0. The summed E-state index contributed by atoms with van der Waals surface area (Å²) in [6, 6.07) is 3.68. The summed E-state index contributed by atoms with van der Waals surface area (Å²) in [5.41, 5.74) is -0.138. The molecular formula is C16H15N4O5S-. The molecule has 10 heteroatoms. The second kappa shape index (κ2) is 7.16. The second-order valence-corrected chi connectivity index (χ2v) is 6.80. The number of nitro groups is 1. The largest absolute Gasteiger partial charge is 0.868 e. The van der Waals surface area contributed by atoms with Gasteiger partial charge in [0.1, 0.15) is 0 Å². The lowest BCUT2D eigenvalue weighted by Crippen LogP contribution is -2.49. The number of hydrogen-bond donors (Lipinski definition) is 0. The molecule has 0 aliphatic carbocycles. The number of amides is 2. The smallest absolute Gasteiger partial charge is 0.286 e. The van der Waals surface area contributed by atoms with Crippen molar-refractivity contribution in [2.24, 2.45) is 4.99 Å². The average Bonchev–Trinajstić information content (AvgIpc) is 2.97. The van der Waals surface area contributed by atoms with Crippen molar-refractivity contribution in [1.82, 2.24) is 9.80 Å². The maximum atomic E-state index is 12.1. The lowest BCUT2D eigenvalue weighted by Gasteiger charge is -2.34. The van der Waals surface area contributed by atoms with Gasteiger partial charge in [0.15, 0.2) is 5.17 Å². The highest BCUT2D eigenvalue weighted by atomic mass is 32.2. The molecule has 2 aliphatic heterocycles. The number of nitrogens with zero attached hydrogens (tertiary/aromatic N) is 4. The van der Waals surface area contributed by atoms with E-state index in [9.17, 15) is 24.8 Å². The molecule has 0 bridgehead atoms. The molecule has 0 saturated carbocycles. The van der Waals surface area contributed by atoms with Gasteiger partial charge in [0.2, 0.25) is 5.91 Å². The van der Waals surface area contributed by atoms with Crippen molar-refractivity contribution in [2.45, 2.75) is 6.92 Å². The van der Waals surface area contributed by atoms with Crippen LogP contribution in [0.3, 0.4) is 0 Å². The summed E-state index contributed by atoms with van der Waals surface area (Å²) in [7, 11) is 0. The zero-order valence-electron chi connectivity index (χ0n) is 13.9. The third-order valence-corrected chi connectivity index (χ3v) is 5.13. The molecule has 0 N–H and O–H groups in total. The molecule has 1 fully saturated rings. The third-order valence-electron chi connectivity index (χ3n) is 4.08. The zero-order chi connectivity index (χ0) is 18.8. The van der Waals surface area contributed by atoms with Crippen LogP contribution in [0.25, 0.3) is 6.08 Å². The first-order valence-corrected chi connectivity index (χ1v) is 8.65. The van der Waals surface area contributed by atoms with E-state index in [4.69, 9.17) is 0 Å². The Morgan fingerprint density at radius 1 is 1.31 bits per heavy atom. The molecule has 1 aromatic rings. The lowest BCUT2D eigenvalue weighted by atomic mass is 10.1. The van der Waals surface area contributed by atoms with E-state index in [0.717, 1.165) is 12.1 Å². The fourth-order valence-corrected chi connectivity index (χ4v) is 3.63. The van der Waals surface area contributed by atoms with Gasteiger partial charge in [-0.3, -0.25) is 19.7 Å². The van der Waals surface area contributed by atoms with E-state index >= 15 is 0 Å². The summed E-state index contributed by atoms with van der Waals surface area (Å²) >= 11 is 1.18. The van der Waals surface area contributed by atoms with Crippen molar-refractivity contribution < 1.29 is 19.6 Å². The minimum Gasteiger partial charge on any atom is -0.868 e. The molecule has 1 aromatic carbocycles. The SMILES string of the molecule is CC(=O)N1CCN(C2=NC(=O)/C(=C\c3ccc([O-])c([N+](=O)[O-])c3)S2)CC1.